The van der Waals surface area contributed by atoms with Crippen LogP contribution in [0.3, 0.4) is 0 Å². The first-order valence-corrected chi connectivity index (χ1v) is 7.57. The molecular formula is C17H24N2O. The molecule has 1 saturated carbocycles. The quantitative estimate of drug-likeness (QED) is 0.866. The summed E-state index contributed by atoms with van der Waals surface area (Å²) in [6.07, 6.45) is 5.30. The Labute approximate surface area is 121 Å². The summed E-state index contributed by atoms with van der Waals surface area (Å²) in [6, 6.07) is 9.76. The lowest BCUT2D eigenvalue weighted by Gasteiger charge is -2.36. The van der Waals surface area contributed by atoms with Crippen molar-refractivity contribution in [1.29, 1.82) is 5.26 Å². The van der Waals surface area contributed by atoms with Crippen molar-refractivity contribution in [3.8, 4) is 6.07 Å². The molecule has 0 amide bonds. The Morgan fingerprint density at radius 3 is 2.80 bits per heavy atom. The highest BCUT2D eigenvalue weighted by Gasteiger charge is 2.31. The van der Waals surface area contributed by atoms with Crippen LogP contribution in [-0.2, 0) is 6.54 Å². The highest BCUT2D eigenvalue weighted by Crippen LogP contribution is 2.33. The van der Waals surface area contributed by atoms with Gasteiger partial charge >= 0.3 is 0 Å². The minimum atomic E-state index is -0.543. The van der Waals surface area contributed by atoms with Crippen LogP contribution in [0.2, 0.25) is 0 Å². The number of nitrogens with one attached hydrogen (secondary N) is 1. The molecule has 0 atom stereocenters. The second-order valence-electron chi connectivity index (χ2n) is 5.99. The fraction of sp³-hybridized carbons (Fsp3) is 0.588. The van der Waals surface area contributed by atoms with Crippen LogP contribution >= 0.6 is 0 Å². The molecule has 1 aliphatic rings. The summed E-state index contributed by atoms with van der Waals surface area (Å²) in [5.41, 5.74) is 1.24. The summed E-state index contributed by atoms with van der Waals surface area (Å²) >= 11 is 0. The van der Waals surface area contributed by atoms with Gasteiger partial charge < -0.3 is 10.4 Å². The van der Waals surface area contributed by atoms with Gasteiger partial charge in [0.25, 0.3) is 0 Å². The monoisotopic (exact) mass is 272 g/mol. The number of rotatable bonds is 5. The summed E-state index contributed by atoms with van der Waals surface area (Å²) < 4.78 is 0. The minimum absolute atomic E-state index is 0.543. The maximum atomic E-state index is 10.5. The van der Waals surface area contributed by atoms with E-state index >= 15 is 0 Å². The Morgan fingerprint density at radius 1 is 1.40 bits per heavy atom. The molecule has 2 N–H and O–H groups in total. The number of aliphatic hydroxyl groups is 1. The van der Waals surface area contributed by atoms with Crippen molar-refractivity contribution in [3.05, 3.63) is 35.4 Å². The van der Waals surface area contributed by atoms with Crippen molar-refractivity contribution >= 4 is 0 Å². The molecule has 0 aliphatic heterocycles. The Kier molecular flexibility index (Phi) is 5.17. The summed E-state index contributed by atoms with van der Waals surface area (Å²) in [7, 11) is 0. The van der Waals surface area contributed by atoms with Crippen LogP contribution in [0.1, 0.15) is 50.2 Å². The molecule has 0 heterocycles. The zero-order chi connectivity index (χ0) is 14.4. The predicted octanol–water partition coefficient (Wildman–Crippen LogP) is 2.98. The van der Waals surface area contributed by atoms with Crippen molar-refractivity contribution in [2.45, 2.75) is 51.2 Å². The van der Waals surface area contributed by atoms with E-state index in [9.17, 15) is 5.11 Å². The standard InChI is InChI=1S/C17H24N2O/c1-2-14-6-8-17(20,9-7-14)13-19-12-16-5-3-4-15(10-16)11-18/h3-5,10,14,19-20H,2,6-9,12-13H2,1H3. The molecule has 0 saturated heterocycles. The largest absolute Gasteiger partial charge is 0.389 e. The van der Waals surface area contributed by atoms with Crippen LogP contribution < -0.4 is 5.32 Å². The molecule has 3 heteroatoms. The van der Waals surface area contributed by atoms with Crippen molar-refractivity contribution in [2.75, 3.05) is 6.54 Å². The highest BCUT2D eigenvalue weighted by molar-refractivity contribution is 5.32. The molecule has 1 aliphatic carbocycles. The van der Waals surface area contributed by atoms with Gasteiger partial charge in [0.05, 0.1) is 17.2 Å². The number of hydrogen-bond donors (Lipinski definition) is 2. The van der Waals surface area contributed by atoms with Gasteiger partial charge in [-0.1, -0.05) is 25.5 Å². The topological polar surface area (TPSA) is 56.0 Å². The number of nitriles is 1. The number of hydrogen-bond acceptors (Lipinski definition) is 3. The van der Waals surface area contributed by atoms with Crippen LogP contribution in [0.25, 0.3) is 0 Å². The van der Waals surface area contributed by atoms with Gasteiger partial charge in [0, 0.05) is 13.1 Å². The van der Waals surface area contributed by atoms with E-state index in [0.29, 0.717) is 18.7 Å². The SMILES string of the molecule is CCC1CCC(O)(CNCc2cccc(C#N)c2)CC1. The van der Waals surface area contributed by atoms with Crippen LogP contribution in [-0.4, -0.2) is 17.3 Å². The van der Waals surface area contributed by atoms with Gasteiger partial charge in [-0.2, -0.15) is 5.26 Å². The maximum absolute atomic E-state index is 10.5. The number of nitrogens with zero attached hydrogens (tertiary/aromatic N) is 1. The Balaban J connectivity index is 1.79. The second kappa shape index (κ2) is 6.88. The second-order valence-corrected chi connectivity index (χ2v) is 5.99. The molecule has 1 fully saturated rings. The Hall–Kier alpha value is -1.37. The van der Waals surface area contributed by atoms with Crippen molar-refractivity contribution in [3.63, 3.8) is 0 Å². The van der Waals surface area contributed by atoms with E-state index in [1.165, 1.54) is 6.42 Å². The van der Waals surface area contributed by atoms with Gasteiger partial charge in [0.1, 0.15) is 0 Å². The lowest BCUT2D eigenvalue weighted by atomic mass is 9.78. The third-order valence-electron chi connectivity index (χ3n) is 4.45. The first-order chi connectivity index (χ1) is 9.65. The van der Waals surface area contributed by atoms with E-state index in [-0.39, 0.29) is 0 Å². The highest BCUT2D eigenvalue weighted by atomic mass is 16.3. The van der Waals surface area contributed by atoms with Crippen molar-refractivity contribution in [1.82, 2.24) is 5.32 Å². The molecule has 108 valence electrons. The first-order valence-electron chi connectivity index (χ1n) is 7.57. The van der Waals surface area contributed by atoms with Crippen molar-refractivity contribution in [2.24, 2.45) is 5.92 Å². The van der Waals surface area contributed by atoms with E-state index in [0.717, 1.165) is 37.2 Å². The van der Waals surface area contributed by atoms with Gasteiger partial charge in [0.15, 0.2) is 0 Å². The minimum Gasteiger partial charge on any atom is -0.389 e. The van der Waals surface area contributed by atoms with Crippen molar-refractivity contribution < 1.29 is 5.11 Å². The van der Waals surface area contributed by atoms with Gasteiger partial charge in [-0.3, -0.25) is 0 Å². The van der Waals surface area contributed by atoms with E-state index < -0.39 is 5.60 Å². The maximum Gasteiger partial charge on any atom is 0.0991 e. The van der Waals surface area contributed by atoms with E-state index in [1.807, 2.05) is 24.3 Å². The van der Waals surface area contributed by atoms with E-state index in [1.54, 1.807) is 0 Å². The van der Waals surface area contributed by atoms with Gasteiger partial charge in [-0.05, 0) is 49.3 Å². The van der Waals surface area contributed by atoms with Crippen LogP contribution in [0.5, 0.6) is 0 Å². The molecule has 0 radical (unpaired) electrons. The third kappa shape index (κ3) is 4.06. The van der Waals surface area contributed by atoms with Gasteiger partial charge in [-0.25, -0.2) is 0 Å². The molecule has 0 spiro atoms. The lowest BCUT2D eigenvalue weighted by Crippen LogP contribution is -2.43. The summed E-state index contributed by atoms with van der Waals surface area (Å²) in [5.74, 6) is 0.794. The zero-order valence-corrected chi connectivity index (χ0v) is 12.2. The fourth-order valence-electron chi connectivity index (χ4n) is 2.99. The average Bonchev–Trinajstić information content (AvgIpc) is 2.48. The average molecular weight is 272 g/mol. The van der Waals surface area contributed by atoms with E-state index in [4.69, 9.17) is 5.26 Å². The normalized spacial score (nSPS) is 26.1. The zero-order valence-electron chi connectivity index (χ0n) is 12.2. The lowest BCUT2D eigenvalue weighted by molar-refractivity contribution is -0.00881. The Morgan fingerprint density at radius 2 is 2.15 bits per heavy atom. The fourth-order valence-corrected chi connectivity index (χ4v) is 2.99. The molecular weight excluding hydrogens is 248 g/mol. The first kappa shape index (κ1) is 15.0. The molecule has 2 rings (SSSR count). The third-order valence-corrected chi connectivity index (χ3v) is 4.45. The molecule has 1 aromatic rings. The molecule has 0 aromatic heterocycles. The smallest absolute Gasteiger partial charge is 0.0991 e. The summed E-state index contributed by atoms with van der Waals surface area (Å²) in [6.45, 7) is 3.57. The van der Waals surface area contributed by atoms with Crippen LogP contribution in [0.15, 0.2) is 24.3 Å². The van der Waals surface area contributed by atoms with Gasteiger partial charge in [0.2, 0.25) is 0 Å². The van der Waals surface area contributed by atoms with E-state index in [2.05, 4.69) is 18.3 Å². The Bertz CT molecular complexity index is 470. The number of benzene rings is 1. The molecule has 0 unspecified atom stereocenters. The summed E-state index contributed by atoms with van der Waals surface area (Å²) in [4.78, 5) is 0. The molecule has 20 heavy (non-hydrogen) atoms. The van der Waals surface area contributed by atoms with Crippen LogP contribution in [0, 0.1) is 17.2 Å². The predicted molar refractivity (Wildman–Crippen MR) is 80.1 cm³/mol. The van der Waals surface area contributed by atoms with Crippen LogP contribution in [0.4, 0.5) is 0 Å². The summed E-state index contributed by atoms with van der Waals surface area (Å²) in [5, 5.41) is 22.8. The van der Waals surface area contributed by atoms with Gasteiger partial charge in [-0.15, -0.1) is 0 Å². The molecule has 0 bridgehead atoms. The molecule has 3 nitrogen and oxygen atoms in total. The molecule has 1 aromatic carbocycles.